The van der Waals surface area contributed by atoms with Crippen LogP contribution in [0.4, 0.5) is 0 Å². The Morgan fingerprint density at radius 2 is 1.53 bits per heavy atom. The van der Waals surface area contributed by atoms with Crippen LogP contribution in [0.1, 0.15) is 12.8 Å². The SMILES string of the molecule is Cl.O=C([O-])CC(O)(CC(=O)O)C(=O)[O-].[Ca+2]. The van der Waals surface area contributed by atoms with Gasteiger partial charge in [-0.2, -0.15) is 0 Å². The Morgan fingerprint density at radius 1 is 1.13 bits per heavy atom. The summed E-state index contributed by atoms with van der Waals surface area (Å²) >= 11 is 0. The normalized spacial score (nSPS) is 12.6. The van der Waals surface area contributed by atoms with E-state index in [9.17, 15) is 24.6 Å². The van der Waals surface area contributed by atoms with E-state index in [4.69, 9.17) is 10.2 Å². The van der Waals surface area contributed by atoms with Gasteiger partial charge in [0.1, 0.15) is 5.60 Å². The molecule has 0 heterocycles. The number of carboxylic acid groups (broad SMARTS) is 3. The molecule has 0 bridgehead atoms. The fraction of sp³-hybridized carbons (Fsp3) is 0.500. The number of halogens is 1. The molecular formula is C6H7CaClO7. The number of carbonyl (C=O) groups is 3. The summed E-state index contributed by atoms with van der Waals surface area (Å²) in [6, 6.07) is 0. The van der Waals surface area contributed by atoms with Crippen LogP contribution in [-0.4, -0.2) is 71.5 Å². The first kappa shape index (κ1) is 20.3. The van der Waals surface area contributed by atoms with Gasteiger partial charge in [-0.1, -0.05) is 0 Å². The summed E-state index contributed by atoms with van der Waals surface area (Å²) in [5.41, 5.74) is -2.91. The number of carbonyl (C=O) groups excluding carboxylic acids is 2. The molecule has 0 radical (unpaired) electrons. The van der Waals surface area contributed by atoms with Gasteiger partial charge in [-0.05, 0) is 0 Å². The minimum atomic E-state index is -2.91. The predicted octanol–water partition coefficient (Wildman–Crippen LogP) is -3.88. The van der Waals surface area contributed by atoms with Gasteiger partial charge in [0.2, 0.25) is 0 Å². The van der Waals surface area contributed by atoms with Crippen molar-refractivity contribution in [3.05, 3.63) is 0 Å². The molecule has 0 saturated carbocycles. The van der Waals surface area contributed by atoms with Gasteiger partial charge in [0.05, 0.1) is 12.4 Å². The number of hydrogen-bond acceptors (Lipinski definition) is 6. The van der Waals surface area contributed by atoms with Crippen molar-refractivity contribution >= 4 is 68.1 Å². The Morgan fingerprint density at radius 3 is 1.73 bits per heavy atom. The first-order valence-electron chi connectivity index (χ1n) is 3.13. The number of aliphatic carboxylic acids is 3. The van der Waals surface area contributed by atoms with Crippen LogP contribution in [0.5, 0.6) is 0 Å². The van der Waals surface area contributed by atoms with Crippen LogP contribution in [0, 0.1) is 0 Å². The van der Waals surface area contributed by atoms with Crippen LogP contribution < -0.4 is 10.2 Å². The third-order valence-electron chi connectivity index (χ3n) is 1.26. The third-order valence-corrected chi connectivity index (χ3v) is 1.26. The number of aliphatic hydroxyl groups is 1. The van der Waals surface area contributed by atoms with E-state index in [1.807, 2.05) is 0 Å². The third kappa shape index (κ3) is 7.80. The van der Waals surface area contributed by atoms with E-state index < -0.39 is 36.4 Å². The molecule has 15 heavy (non-hydrogen) atoms. The van der Waals surface area contributed by atoms with Gasteiger partial charge in [-0.25, -0.2) is 0 Å². The molecule has 2 N–H and O–H groups in total. The minimum Gasteiger partial charge on any atom is -0.550 e. The molecule has 7 nitrogen and oxygen atoms in total. The molecule has 0 amide bonds. The molecule has 1 unspecified atom stereocenters. The average Bonchev–Trinajstić information content (AvgIpc) is 1.82. The van der Waals surface area contributed by atoms with Crippen molar-refractivity contribution in [2.24, 2.45) is 0 Å². The van der Waals surface area contributed by atoms with Crippen LogP contribution in [0.2, 0.25) is 0 Å². The summed E-state index contributed by atoms with van der Waals surface area (Å²) in [6.07, 6.45) is -2.56. The van der Waals surface area contributed by atoms with Crippen LogP contribution in [0.3, 0.4) is 0 Å². The Labute approximate surface area is 120 Å². The van der Waals surface area contributed by atoms with Crippen LogP contribution in [0.25, 0.3) is 0 Å². The zero-order chi connectivity index (χ0) is 10.6. The van der Waals surface area contributed by atoms with Gasteiger partial charge in [0.15, 0.2) is 0 Å². The molecule has 0 rings (SSSR count). The van der Waals surface area contributed by atoms with Crippen molar-refractivity contribution in [2.75, 3.05) is 0 Å². The van der Waals surface area contributed by atoms with E-state index >= 15 is 0 Å². The molecule has 0 aromatic rings. The van der Waals surface area contributed by atoms with E-state index in [-0.39, 0.29) is 50.1 Å². The Balaban J connectivity index is -0.000000720. The Kier molecular flexibility index (Phi) is 11.0. The molecule has 0 fully saturated rings. The van der Waals surface area contributed by atoms with Crippen LogP contribution >= 0.6 is 12.4 Å². The van der Waals surface area contributed by atoms with E-state index in [2.05, 4.69) is 0 Å². The second-order valence-corrected chi connectivity index (χ2v) is 2.44. The standard InChI is InChI=1S/C6H8O7.Ca.ClH/c7-3(8)1-6(13,5(11)12)2-4(9)10;;/h13H,1-2H2,(H,7,8)(H,9,10)(H,11,12);;1H/q;+2;/p-2. The number of carboxylic acids is 3. The van der Waals surface area contributed by atoms with Crippen LogP contribution in [0.15, 0.2) is 0 Å². The summed E-state index contributed by atoms with van der Waals surface area (Å²) in [5.74, 6) is -5.67. The molecule has 0 spiro atoms. The predicted molar refractivity (Wildman–Crippen MR) is 44.8 cm³/mol. The van der Waals surface area contributed by atoms with Crippen molar-refractivity contribution in [1.82, 2.24) is 0 Å². The molecule has 1 atom stereocenters. The van der Waals surface area contributed by atoms with Gasteiger partial charge in [-0.3, -0.25) is 4.79 Å². The maximum absolute atomic E-state index is 10.2. The van der Waals surface area contributed by atoms with Crippen molar-refractivity contribution in [1.29, 1.82) is 0 Å². The van der Waals surface area contributed by atoms with E-state index in [1.54, 1.807) is 0 Å². The van der Waals surface area contributed by atoms with Crippen LogP contribution in [-0.2, 0) is 14.4 Å². The van der Waals surface area contributed by atoms with Gasteiger partial charge >= 0.3 is 43.7 Å². The van der Waals surface area contributed by atoms with Gasteiger partial charge in [0, 0.05) is 12.4 Å². The van der Waals surface area contributed by atoms with Crippen molar-refractivity contribution in [3.63, 3.8) is 0 Å². The molecule has 0 aliphatic heterocycles. The summed E-state index contributed by atoms with van der Waals surface area (Å²) in [6.45, 7) is 0. The molecule has 0 aliphatic rings. The second kappa shape index (κ2) is 8.12. The fourth-order valence-corrected chi connectivity index (χ4v) is 0.696. The molecule has 9 heteroatoms. The van der Waals surface area contributed by atoms with E-state index in [0.717, 1.165) is 0 Å². The van der Waals surface area contributed by atoms with Crippen molar-refractivity contribution < 1.29 is 34.8 Å². The molecule has 0 aliphatic carbocycles. The summed E-state index contributed by atoms with van der Waals surface area (Å²) < 4.78 is 0. The van der Waals surface area contributed by atoms with Crippen molar-refractivity contribution in [2.45, 2.75) is 18.4 Å². The van der Waals surface area contributed by atoms with Gasteiger partial charge < -0.3 is 30.0 Å². The van der Waals surface area contributed by atoms with E-state index in [1.165, 1.54) is 0 Å². The average molecular weight is 267 g/mol. The monoisotopic (exact) mass is 266 g/mol. The molecule has 0 aromatic heterocycles. The zero-order valence-corrected chi connectivity index (χ0v) is 10.5. The maximum atomic E-state index is 10.2. The number of rotatable bonds is 5. The Bertz CT molecular complexity index is 238. The first-order chi connectivity index (χ1) is 5.78. The fourth-order valence-electron chi connectivity index (χ4n) is 0.696. The molecule has 0 saturated heterocycles. The van der Waals surface area contributed by atoms with Crippen molar-refractivity contribution in [3.8, 4) is 0 Å². The molecule has 0 aromatic carbocycles. The Hall–Kier alpha value is -0.0803. The molecule has 82 valence electrons. The second-order valence-electron chi connectivity index (χ2n) is 2.44. The van der Waals surface area contributed by atoms with Gasteiger partial charge in [-0.15, -0.1) is 12.4 Å². The minimum absolute atomic E-state index is 0. The summed E-state index contributed by atoms with van der Waals surface area (Å²) in [7, 11) is 0. The largest absolute Gasteiger partial charge is 2.00 e. The van der Waals surface area contributed by atoms with Gasteiger partial charge in [0.25, 0.3) is 0 Å². The topological polar surface area (TPSA) is 138 Å². The summed E-state index contributed by atoms with van der Waals surface area (Å²) in [4.78, 5) is 30.2. The molecular weight excluding hydrogens is 260 g/mol. The smallest absolute Gasteiger partial charge is 0.550 e. The number of hydrogen-bond donors (Lipinski definition) is 2. The quantitative estimate of drug-likeness (QED) is 0.485. The van der Waals surface area contributed by atoms with E-state index in [0.29, 0.717) is 0 Å². The zero-order valence-electron chi connectivity index (χ0n) is 7.47. The summed E-state index contributed by atoms with van der Waals surface area (Å²) in [5, 5.41) is 37.2. The maximum Gasteiger partial charge on any atom is 2.00 e. The first-order valence-corrected chi connectivity index (χ1v) is 3.13.